The Balaban J connectivity index is 1.57. The van der Waals surface area contributed by atoms with Crippen LogP contribution in [0, 0.1) is 0 Å². The molecule has 0 bridgehead atoms. The largest absolute Gasteiger partial charge is 0.573 e. The Kier molecular flexibility index (Phi) is 4.94. The summed E-state index contributed by atoms with van der Waals surface area (Å²) in [4.78, 5) is 22.6. The van der Waals surface area contributed by atoms with Gasteiger partial charge in [0.25, 0.3) is 5.56 Å². The molecule has 0 aliphatic carbocycles. The van der Waals surface area contributed by atoms with Crippen molar-refractivity contribution in [3.05, 3.63) is 69.0 Å². The van der Waals surface area contributed by atoms with Gasteiger partial charge in [-0.05, 0) is 23.9 Å². The number of aromatic nitrogens is 2. The van der Waals surface area contributed by atoms with Crippen LogP contribution in [0.25, 0.3) is 10.7 Å². The molecule has 0 radical (unpaired) electrons. The lowest BCUT2D eigenvalue weighted by Gasteiger charge is -2.28. The average molecular weight is 407 g/mol. The van der Waals surface area contributed by atoms with E-state index in [-0.39, 0.29) is 17.9 Å². The first-order chi connectivity index (χ1) is 13.4. The molecule has 0 saturated carbocycles. The second-order valence-corrected chi connectivity index (χ2v) is 7.38. The first-order valence-electron chi connectivity index (χ1n) is 8.61. The number of hydrogen-bond donors (Lipinski definition) is 1. The van der Waals surface area contributed by atoms with Crippen molar-refractivity contribution >= 4 is 11.3 Å². The van der Waals surface area contributed by atoms with Crippen LogP contribution in [-0.2, 0) is 19.5 Å². The lowest BCUT2D eigenvalue weighted by molar-refractivity contribution is -0.275. The van der Waals surface area contributed by atoms with Crippen molar-refractivity contribution in [2.75, 3.05) is 6.54 Å². The molecule has 0 saturated heterocycles. The first kappa shape index (κ1) is 18.7. The molecule has 0 unspecified atom stereocenters. The standard InChI is InChI=1S/C19H16F3N3O2S/c20-19(21,22)27-15-5-2-1-4-12(15)10-25-8-7-13-14(11-25)23-17(24-18(13)26)16-6-3-9-28-16/h1-6,9H,7-8,10-11H2,(H,23,24,26). The molecule has 0 amide bonds. The van der Waals surface area contributed by atoms with Crippen LogP contribution in [0.1, 0.15) is 16.8 Å². The predicted octanol–water partition coefficient (Wildman–Crippen LogP) is 3.96. The molecule has 5 nitrogen and oxygen atoms in total. The van der Waals surface area contributed by atoms with Gasteiger partial charge in [-0.15, -0.1) is 24.5 Å². The number of ether oxygens (including phenoxy) is 1. The monoisotopic (exact) mass is 407 g/mol. The number of benzene rings is 1. The third-order valence-electron chi connectivity index (χ3n) is 4.50. The molecule has 1 aliphatic rings. The Bertz CT molecular complexity index is 1030. The summed E-state index contributed by atoms with van der Waals surface area (Å²) < 4.78 is 42.0. The van der Waals surface area contributed by atoms with Gasteiger partial charge in [-0.3, -0.25) is 9.69 Å². The summed E-state index contributed by atoms with van der Waals surface area (Å²) in [5.74, 6) is 0.306. The molecule has 1 aliphatic heterocycles. The van der Waals surface area contributed by atoms with Gasteiger partial charge in [0.05, 0.1) is 10.6 Å². The fourth-order valence-electron chi connectivity index (χ4n) is 3.26. The van der Waals surface area contributed by atoms with Gasteiger partial charge in [-0.25, -0.2) is 4.98 Å². The zero-order valence-corrected chi connectivity index (χ0v) is 15.4. The normalized spacial score (nSPS) is 14.7. The first-order valence-corrected chi connectivity index (χ1v) is 9.49. The molecule has 0 atom stereocenters. The minimum atomic E-state index is -4.74. The second-order valence-electron chi connectivity index (χ2n) is 6.43. The van der Waals surface area contributed by atoms with Crippen LogP contribution in [-0.4, -0.2) is 27.8 Å². The number of rotatable bonds is 4. The van der Waals surface area contributed by atoms with E-state index in [1.54, 1.807) is 12.1 Å². The quantitative estimate of drug-likeness (QED) is 0.712. The maximum Gasteiger partial charge on any atom is 0.573 e. The zero-order valence-electron chi connectivity index (χ0n) is 14.6. The molecule has 1 N–H and O–H groups in total. The number of aromatic amines is 1. The molecule has 4 rings (SSSR count). The summed E-state index contributed by atoms with van der Waals surface area (Å²) in [6, 6.07) is 9.85. The van der Waals surface area contributed by atoms with Crippen molar-refractivity contribution in [1.82, 2.24) is 14.9 Å². The van der Waals surface area contributed by atoms with Gasteiger partial charge in [0, 0.05) is 30.8 Å². The SMILES string of the molecule is O=c1[nH]c(-c2cccs2)nc2c1CCN(Cc1ccccc1OC(F)(F)F)C2. The number of nitrogens with zero attached hydrogens (tertiary/aromatic N) is 2. The van der Waals surface area contributed by atoms with Gasteiger partial charge in [-0.1, -0.05) is 24.3 Å². The van der Waals surface area contributed by atoms with Crippen LogP contribution in [0.15, 0.2) is 46.6 Å². The predicted molar refractivity (Wildman–Crippen MR) is 99.1 cm³/mol. The van der Waals surface area contributed by atoms with Crippen molar-refractivity contribution in [2.24, 2.45) is 0 Å². The number of fused-ring (bicyclic) bond motifs is 1. The van der Waals surface area contributed by atoms with Gasteiger partial charge in [-0.2, -0.15) is 0 Å². The van der Waals surface area contributed by atoms with Gasteiger partial charge in [0.15, 0.2) is 5.82 Å². The highest BCUT2D eigenvalue weighted by molar-refractivity contribution is 7.13. The molecule has 146 valence electrons. The van der Waals surface area contributed by atoms with Gasteiger partial charge in [0.2, 0.25) is 0 Å². The van der Waals surface area contributed by atoms with E-state index in [2.05, 4.69) is 14.7 Å². The summed E-state index contributed by atoms with van der Waals surface area (Å²) in [6.07, 6.45) is -4.25. The van der Waals surface area contributed by atoms with Crippen molar-refractivity contribution in [2.45, 2.75) is 25.9 Å². The smallest absolute Gasteiger partial charge is 0.405 e. The summed E-state index contributed by atoms with van der Waals surface area (Å²) in [5, 5.41) is 1.90. The average Bonchev–Trinajstić information content (AvgIpc) is 3.16. The molecule has 3 aromatic rings. The van der Waals surface area contributed by atoms with Crippen molar-refractivity contribution < 1.29 is 17.9 Å². The van der Waals surface area contributed by atoms with Crippen molar-refractivity contribution in [3.8, 4) is 16.5 Å². The molecular formula is C19H16F3N3O2S. The van der Waals surface area contributed by atoms with E-state index in [9.17, 15) is 18.0 Å². The molecule has 9 heteroatoms. The molecule has 3 heterocycles. The summed E-state index contributed by atoms with van der Waals surface area (Å²) in [6.45, 7) is 1.21. The van der Waals surface area contributed by atoms with E-state index in [0.717, 1.165) is 4.88 Å². The molecule has 2 aromatic heterocycles. The second kappa shape index (κ2) is 7.40. The molecule has 0 fully saturated rings. The number of thiophene rings is 1. The molecule has 28 heavy (non-hydrogen) atoms. The van der Waals surface area contributed by atoms with E-state index in [1.807, 2.05) is 22.4 Å². The van der Waals surface area contributed by atoms with Gasteiger partial charge >= 0.3 is 6.36 Å². The maximum absolute atomic E-state index is 12.6. The number of halogens is 3. The Hall–Kier alpha value is -2.65. The highest BCUT2D eigenvalue weighted by Crippen LogP contribution is 2.28. The van der Waals surface area contributed by atoms with E-state index in [1.165, 1.54) is 23.5 Å². The topological polar surface area (TPSA) is 58.2 Å². The number of nitrogens with one attached hydrogen (secondary N) is 1. The number of hydrogen-bond acceptors (Lipinski definition) is 5. The molecular weight excluding hydrogens is 391 g/mol. The summed E-state index contributed by atoms with van der Waals surface area (Å²) >= 11 is 1.48. The Morgan fingerprint density at radius 2 is 2.04 bits per heavy atom. The van der Waals surface area contributed by atoms with E-state index in [0.29, 0.717) is 42.2 Å². The molecule has 1 aromatic carbocycles. The fourth-order valence-corrected chi connectivity index (χ4v) is 3.93. The Morgan fingerprint density at radius 3 is 2.79 bits per heavy atom. The van der Waals surface area contributed by atoms with Crippen LogP contribution in [0.2, 0.25) is 0 Å². The van der Waals surface area contributed by atoms with Crippen LogP contribution in [0.5, 0.6) is 5.75 Å². The Morgan fingerprint density at radius 1 is 1.21 bits per heavy atom. The lowest BCUT2D eigenvalue weighted by Crippen LogP contribution is -2.35. The minimum absolute atomic E-state index is 0.158. The number of para-hydroxylation sites is 1. The maximum atomic E-state index is 12.6. The van der Waals surface area contributed by atoms with Crippen LogP contribution in [0.4, 0.5) is 13.2 Å². The van der Waals surface area contributed by atoms with Gasteiger partial charge < -0.3 is 9.72 Å². The van der Waals surface area contributed by atoms with Crippen LogP contribution in [0.3, 0.4) is 0 Å². The van der Waals surface area contributed by atoms with Crippen molar-refractivity contribution in [3.63, 3.8) is 0 Å². The lowest BCUT2D eigenvalue weighted by atomic mass is 10.1. The highest BCUT2D eigenvalue weighted by Gasteiger charge is 2.32. The number of H-pyrrole nitrogens is 1. The zero-order chi connectivity index (χ0) is 19.7. The van der Waals surface area contributed by atoms with E-state index in [4.69, 9.17) is 0 Å². The van der Waals surface area contributed by atoms with E-state index >= 15 is 0 Å². The minimum Gasteiger partial charge on any atom is -0.405 e. The number of alkyl halides is 3. The summed E-state index contributed by atoms with van der Waals surface area (Å²) in [7, 11) is 0. The van der Waals surface area contributed by atoms with Crippen LogP contribution >= 0.6 is 11.3 Å². The van der Waals surface area contributed by atoms with Crippen LogP contribution < -0.4 is 10.3 Å². The molecule has 0 spiro atoms. The Labute approximate surface area is 162 Å². The third kappa shape index (κ3) is 4.10. The highest BCUT2D eigenvalue weighted by atomic mass is 32.1. The fraction of sp³-hybridized carbons (Fsp3) is 0.263. The van der Waals surface area contributed by atoms with E-state index < -0.39 is 6.36 Å². The van der Waals surface area contributed by atoms with Crippen molar-refractivity contribution in [1.29, 1.82) is 0 Å². The van der Waals surface area contributed by atoms with Gasteiger partial charge in [0.1, 0.15) is 5.75 Å². The summed E-state index contributed by atoms with van der Waals surface area (Å²) in [5.41, 5.74) is 1.57. The third-order valence-corrected chi connectivity index (χ3v) is 5.38.